The Bertz CT molecular complexity index is 462. The molecule has 0 bridgehead atoms. The number of nitrogens with two attached hydrogens (primary N) is 1. The summed E-state index contributed by atoms with van der Waals surface area (Å²) in [5, 5.41) is -0.964. The van der Waals surface area contributed by atoms with Gasteiger partial charge in [-0.25, -0.2) is 0 Å². The molecule has 3 atom stereocenters. The third kappa shape index (κ3) is 3.66. The highest BCUT2D eigenvalue weighted by Gasteiger charge is 2.38. The van der Waals surface area contributed by atoms with Crippen LogP contribution in [0.2, 0.25) is 0 Å². The van der Waals surface area contributed by atoms with Crippen molar-refractivity contribution in [2.45, 2.75) is 44.4 Å². The second kappa shape index (κ2) is 5.87. The third-order valence-electron chi connectivity index (χ3n) is 3.71. The monoisotopic (exact) mass is 292 g/mol. The van der Waals surface area contributed by atoms with E-state index in [1.165, 1.54) is 11.8 Å². The van der Waals surface area contributed by atoms with Gasteiger partial charge in [-0.05, 0) is 25.7 Å². The largest absolute Gasteiger partial charge is 0.368 e. The summed E-state index contributed by atoms with van der Waals surface area (Å²) in [6.45, 7) is 3.26. The van der Waals surface area contributed by atoms with Crippen LogP contribution >= 0.6 is 0 Å². The van der Waals surface area contributed by atoms with Gasteiger partial charge in [0.15, 0.2) is 0 Å². The first kappa shape index (κ1) is 15.9. The molecule has 1 fully saturated rings. The zero-order valence-electron chi connectivity index (χ0n) is 11.1. The van der Waals surface area contributed by atoms with Crippen molar-refractivity contribution in [3.63, 3.8) is 0 Å². The van der Waals surface area contributed by atoms with Gasteiger partial charge in [-0.15, -0.1) is 0 Å². The number of carbonyl (C=O) groups excluding carboxylic acids is 2. The Kier molecular flexibility index (Phi) is 4.92. The maximum atomic E-state index is 11.8. The molecule has 110 valence electrons. The lowest BCUT2D eigenvalue weighted by Gasteiger charge is -2.38. The van der Waals surface area contributed by atoms with Gasteiger partial charge in [0.25, 0.3) is 10.1 Å². The summed E-state index contributed by atoms with van der Waals surface area (Å²) in [6, 6.07) is -0.719. The maximum Gasteiger partial charge on any atom is 0.267 e. The van der Waals surface area contributed by atoms with Crippen molar-refractivity contribution in [3.8, 4) is 0 Å². The molecule has 1 unspecified atom stereocenters. The quantitative estimate of drug-likeness (QED) is 0.678. The number of primary amides is 1. The summed E-state index contributed by atoms with van der Waals surface area (Å²) < 4.78 is 31.4. The van der Waals surface area contributed by atoms with Crippen molar-refractivity contribution < 1.29 is 22.6 Å². The van der Waals surface area contributed by atoms with Crippen molar-refractivity contribution in [1.82, 2.24) is 4.90 Å². The van der Waals surface area contributed by atoms with Crippen molar-refractivity contribution in [3.05, 3.63) is 0 Å². The van der Waals surface area contributed by atoms with E-state index in [1.54, 1.807) is 6.92 Å². The van der Waals surface area contributed by atoms with E-state index in [9.17, 15) is 18.0 Å². The molecule has 0 spiro atoms. The fourth-order valence-electron chi connectivity index (χ4n) is 2.40. The molecule has 1 aliphatic rings. The van der Waals surface area contributed by atoms with Gasteiger partial charge in [0.2, 0.25) is 11.8 Å². The fourth-order valence-corrected chi connectivity index (χ4v) is 3.11. The van der Waals surface area contributed by atoms with Gasteiger partial charge in [0.05, 0.1) is 5.25 Å². The minimum Gasteiger partial charge on any atom is -0.368 e. The van der Waals surface area contributed by atoms with Crippen LogP contribution in [-0.4, -0.2) is 47.5 Å². The Balaban J connectivity index is 2.89. The Morgan fingerprint density at radius 1 is 1.58 bits per heavy atom. The number of hydrogen-bond donors (Lipinski definition) is 2. The molecule has 0 aromatic heterocycles. The molecule has 8 heteroatoms. The van der Waals surface area contributed by atoms with Gasteiger partial charge >= 0.3 is 0 Å². The van der Waals surface area contributed by atoms with E-state index >= 15 is 0 Å². The normalized spacial score (nSPS) is 24.1. The number of carbonyl (C=O) groups is 2. The van der Waals surface area contributed by atoms with Crippen LogP contribution < -0.4 is 5.73 Å². The second-order valence-corrected chi connectivity index (χ2v) is 6.66. The van der Waals surface area contributed by atoms with Gasteiger partial charge in [-0.2, -0.15) is 8.42 Å². The van der Waals surface area contributed by atoms with Crippen LogP contribution in [0.4, 0.5) is 0 Å². The van der Waals surface area contributed by atoms with E-state index in [0.29, 0.717) is 12.8 Å². The minimum atomic E-state index is -4.15. The summed E-state index contributed by atoms with van der Waals surface area (Å²) in [5.74, 6) is -1.19. The molecule has 3 N–H and O–H groups in total. The van der Waals surface area contributed by atoms with Crippen LogP contribution in [0.1, 0.15) is 33.1 Å². The number of nitrogens with zero attached hydrogens (tertiary/aromatic N) is 1. The number of amides is 2. The van der Waals surface area contributed by atoms with E-state index in [4.69, 9.17) is 10.3 Å². The van der Waals surface area contributed by atoms with Gasteiger partial charge < -0.3 is 10.6 Å². The van der Waals surface area contributed by atoms with E-state index in [0.717, 1.165) is 0 Å². The topological polar surface area (TPSA) is 118 Å². The van der Waals surface area contributed by atoms with Gasteiger partial charge in [0.1, 0.15) is 6.04 Å². The average molecular weight is 292 g/mol. The zero-order chi connectivity index (χ0) is 14.8. The third-order valence-corrected chi connectivity index (χ3v) is 5.03. The first-order chi connectivity index (χ1) is 8.68. The first-order valence-electron chi connectivity index (χ1n) is 6.23. The van der Waals surface area contributed by atoms with Crippen LogP contribution in [0.25, 0.3) is 0 Å². The van der Waals surface area contributed by atoms with Crippen LogP contribution in [0.15, 0.2) is 0 Å². The van der Waals surface area contributed by atoms with Crippen LogP contribution in [0.3, 0.4) is 0 Å². The molecule has 0 aliphatic carbocycles. The minimum absolute atomic E-state index is 0.126. The number of piperidine rings is 1. The van der Waals surface area contributed by atoms with Crippen LogP contribution in [-0.2, 0) is 19.7 Å². The second-order valence-electron chi connectivity index (χ2n) is 4.89. The molecule has 1 saturated heterocycles. The van der Waals surface area contributed by atoms with Gasteiger partial charge in [-0.3, -0.25) is 14.1 Å². The number of rotatable bonds is 5. The highest BCUT2D eigenvalue weighted by atomic mass is 32.2. The van der Waals surface area contributed by atoms with E-state index in [1.807, 2.05) is 0 Å². The Labute approximate surface area is 112 Å². The SMILES string of the molecule is CC[C@@H](C(N)=O)N1C[C@@H](C(C)S(=O)(=O)O)CCC1=O. The van der Waals surface area contributed by atoms with Gasteiger partial charge in [0, 0.05) is 13.0 Å². The standard InChI is InChI=1S/C11H20N2O5S/c1-3-9(11(12)15)13-6-8(4-5-10(13)14)7(2)19(16,17)18/h7-9H,3-6H2,1-2H3,(H2,12,15)(H,16,17,18)/t7?,8-,9-/m0/s1. The lowest BCUT2D eigenvalue weighted by Crippen LogP contribution is -2.53. The molecule has 0 aromatic carbocycles. The van der Waals surface area contributed by atoms with Crippen molar-refractivity contribution in [2.75, 3.05) is 6.54 Å². The summed E-state index contributed by atoms with van der Waals surface area (Å²) in [5.41, 5.74) is 5.25. The molecule has 0 aromatic rings. The first-order valence-corrected chi connectivity index (χ1v) is 7.73. The summed E-state index contributed by atoms with van der Waals surface area (Å²) in [6.07, 6.45) is 0.924. The molecular weight excluding hydrogens is 272 g/mol. The van der Waals surface area contributed by atoms with E-state index in [2.05, 4.69) is 0 Å². The molecule has 0 radical (unpaired) electrons. The summed E-state index contributed by atoms with van der Waals surface area (Å²) in [7, 11) is -4.15. The highest BCUT2D eigenvalue weighted by Crippen LogP contribution is 2.26. The van der Waals surface area contributed by atoms with Crippen LogP contribution in [0.5, 0.6) is 0 Å². The smallest absolute Gasteiger partial charge is 0.267 e. The molecule has 7 nitrogen and oxygen atoms in total. The zero-order valence-corrected chi connectivity index (χ0v) is 11.9. The van der Waals surface area contributed by atoms with E-state index in [-0.39, 0.29) is 24.8 Å². The molecular formula is C11H20N2O5S. The summed E-state index contributed by atoms with van der Waals surface area (Å²) in [4.78, 5) is 24.5. The van der Waals surface area contributed by atoms with E-state index < -0.39 is 27.3 Å². The lowest BCUT2D eigenvalue weighted by atomic mass is 9.93. The Hall–Kier alpha value is -1.15. The predicted octanol–water partition coefficient (Wildman–Crippen LogP) is -0.235. The molecule has 1 aliphatic heterocycles. The molecule has 1 heterocycles. The van der Waals surface area contributed by atoms with Crippen LogP contribution in [0, 0.1) is 5.92 Å². The van der Waals surface area contributed by atoms with Gasteiger partial charge in [-0.1, -0.05) is 6.92 Å². The highest BCUT2D eigenvalue weighted by molar-refractivity contribution is 7.86. The summed E-state index contributed by atoms with van der Waals surface area (Å²) >= 11 is 0. The Morgan fingerprint density at radius 2 is 2.16 bits per heavy atom. The maximum absolute atomic E-state index is 11.8. The van der Waals surface area contributed by atoms with Crippen molar-refractivity contribution in [1.29, 1.82) is 0 Å². The number of likely N-dealkylation sites (tertiary alicyclic amines) is 1. The molecule has 2 amide bonds. The average Bonchev–Trinajstić information content (AvgIpc) is 2.30. The molecule has 19 heavy (non-hydrogen) atoms. The Morgan fingerprint density at radius 3 is 2.58 bits per heavy atom. The number of hydrogen-bond acceptors (Lipinski definition) is 4. The van der Waals surface area contributed by atoms with Crippen molar-refractivity contribution in [2.24, 2.45) is 11.7 Å². The predicted molar refractivity (Wildman–Crippen MR) is 68.7 cm³/mol. The van der Waals surface area contributed by atoms with Crippen molar-refractivity contribution >= 4 is 21.9 Å². The lowest BCUT2D eigenvalue weighted by molar-refractivity contribution is -0.143. The fraction of sp³-hybridized carbons (Fsp3) is 0.818. The molecule has 0 saturated carbocycles. The molecule has 1 rings (SSSR count).